The summed E-state index contributed by atoms with van der Waals surface area (Å²) in [7, 11) is 1.87. The van der Waals surface area contributed by atoms with Crippen LogP contribution in [0, 0.1) is 6.92 Å². The monoisotopic (exact) mass is 290 g/mol. The van der Waals surface area contributed by atoms with E-state index >= 15 is 0 Å². The Hall–Kier alpha value is -1.78. The minimum absolute atomic E-state index is 0.00776. The third kappa shape index (κ3) is 2.21. The second-order valence-electron chi connectivity index (χ2n) is 4.97. The number of rotatable bonds is 3. The topological polar surface area (TPSA) is 54.3 Å². The van der Waals surface area contributed by atoms with Crippen LogP contribution in [-0.2, 0) is 11.2 Å². The molecule has 3 rings (SSSR count). The lowest BCUT2D eigenvalue weighted by Crippen LogP contribution is -2.17. The Labute approximate surface area is 122 Å². The van der Waals surface area contributed by atoms with Gasteiger partial charge in [-0.25, -0.2) is 0 Å². The van der Waals surface area contributed by atoms with Crippen LogP contribution >= 0.6 is 11.6 Å². The van der Waals surface area contributed by atoms with E-state index in [-0.39, 0.29) is 11.9 Å². The molecule has 5 heteroatoms. The van der Waals surface area contributed by atoms with E-state index in [0.29, 0.717) is 11.4 Å². The maximum absolute atomic E-state index is 11.5. The quantitative estimate of drug-likeness (QED) is 0.913. The van der Waals surface area contributed by atoms with E-state index in [1.807, 2.05) is 32.2 Å². The van der Waals surface area contributed by atoms with E-state index in [1.54, 1.807) is 6.26 Å². The average molecular weight is 291 g/mol. The maximum Gasteiger partial charge on any atom is 0.228 e. The molecule has 0 fully saturated rings. The molecule has 0 radical (unpaired) electrons. The summed E-state index contributed by atoms with van der Waals surface area (Å²) in [5.74, 6) is 0.864. The van der Waals surface area contributed by atoms with E-state index in [2.05, 4.69) is 10.6 Å². The third-order valence-electron chi connectivity index (χ3n) is 3.53. The number of carbonyl (C=O) groups is 1. The molecule has 1 aromatic heterocycles. The van der Waals surface area contributed by atoms with Crippen molar-refractivity contribution in [1.29, 1.82) is 0 Å². The van der Waals surface area contributed by atoms with Crippen molar-refractivity contribution >= 4 is 23.2 Å². The van der Waals surface area contributed by atoms with E-state index in [9.17, 15) is 4.79 Å². The molecule has 0 saturated carbocycles. The van der Waals surface area contributed by atoms with Crippen LogP contribution in [-0.4, -0.2) is 13.0 Å². The predicted octanol–water partition coefficient (Wildman–Crippen LogP) is 3.04. The van der Waals surface area contributed by atoms with Gasteiger partial charge in [0.15, 0.2) is 0 Å². The van der Waals surface area contributed by atoms with Crippen LogP contribution in [0.1, 0.15) is 28.5 Å². The van der Waals surface area contributed by atoms with Gasteiger partial charge >= 0.3 is 0 Å². The van der Waals surface area contributed by atoms with Crippen LogP contribution in [0.4, 0.5) is 5.69 Å². The normalized spacial score (nSPS) is 15.1. The molecule has 0 saturated heterocycles. The first kappa shape index (κ1) is 13.2. The highest BCUT2D eigenvalue weighted by molar-refractivity contribution is 6.32. The first-order chi connectivity index (χ1) is 9.58. The van der Waals surface area contributed by atoms with Crippen molar-refractivity contribution in [3.05, 3.63) is 51.9 Å². The second-order valence-corrected chi connectivity index (χ2v) is 5.38. The number of nitrogens with one attached hydrogen (secondary N) is 2. The standard InChI is InChI=1S/C15H15ClN2O2/c1-8-3-10(7-20-8)15(17-2)11-4-9-5-14(19)18-13(9)6-12(11)16/h3-4,6-7,15,17H,5H2,1-2H3,(H,18,19). The molecule has 0 bridgehead atoms. The number of halogens is 1. The molecule has 20 heavy (non-hydrogen) atoms. The van der Waals surface area contributed by atoms with Crippen molar-refractivity contribution in [2.75, 3.05) is 12.4 Å². The number of amides is 1. The third-order valence-corrected chi connectivity index (χ3v) is 3.86. The largest absolute Gasteiger partial charge is 0.469 e. The fourth-order valence-corrected chi connectivity index (χ4v) is 2.88. The van der Waals surface area contributed by atoms with Gasteiger partial charge in [-0.3, -0.25) is 4.79 Å². The maximum atomic E-state index is 11.5. The van der Waals surface area contributed by atoms with Gasteiger partial charge in [0.05, 0.1) is 18.7 Å². The van der Waals surface area contributed by atoms with Crippen LogP contribution in [0.25, 0.3) is 0 Å². The summed E-state index contributed by atoms with van der Waals surface area (Å²) in [5, 5.41) is 6.67. The molecule has 4 nitrogen and oxygen atoms in total. The zero-order valence-electron chi connectivity index (χ0n) is 11.3. The molecule has 2 heterocycles. The van der Waals surface area contributed by atoms with E-state index in [1.165, 1.54) is 0 Å². The molecule has 1 aliphatic heterocycles. The van der Waals surface area contributed by atoms with Crippen LogP contribution in [0.2, 0.25) is 5.02 Å². The highest BCUT2D eigenvalue weighted by Gasteiger charge is 2.23. The van der Waals surface area contributed by atoms with Gasteiger partial charge in [-0.05, 0) is 43.3 Å². The fourth-order valence-electron chi connectivity index (χ4n) is 2.61. The molecule has 1 atom stereocenters. The highest BCUT2D eigenvalue weighted by atomic mass is 35.5. The number of fused-ring (bicyclic) bond motifs is 1. The molecule has 1 amide bonds. The number of furan rings is 1. The summed E-state index contributed by atoms with van der Waals surface area (Å²) in [4.78, 5) is 11.5. The molecule has 2 aromatic rings. The number of hydrogen-bond acceptors (Lipinski definition) is 3. The van der Waals surface area contributed by atoms with Crippen LogP contribution in [0.3, 0.4) is 0 Å². The van der Waals surface area contributed by atoms with Crippen LogP contribution in [0.5, 0.6) is 0 Å². The predicted molar refractivity (Wildman–Crippen MR) is 78.1 cm³/mol. The van der Waals surface area contributed by atoms with Crippen LogP contribution in [0.15, 0.2) is 28.9 Å². The van der Waals surface area contributed by atoms with Crippen molar-refractivity contribution in [2.45, 2.75) is 19.4 Å². The minimum Gasteiger partial charge on any atom is -0.469 e. The molecule has 104 valence electrons. The fraction of sp³-hybridized carbons (Fsp3) is 0.267. The Bertz CT molecular complexity index is 679. The lowest BCUT2D eigenvalue weighted by atomic mass is 9.98. The van der Waals surface area contributed by atoms with E-state index < -0.39 is 0 Å². The molecule has 1 unspecified atom stereocenters. The van der Waals surface area contributed by atoms with Crippen molar-refractivity contribution in [1.82, 2.24) is 5.32 Å². The Kier molecular flexibility index (Phi) is 3.28. The summed E-state index contributed by atoms with van der Waals surface area (Å²) in [6.07, 6.45) is 2.13. The van der Waals surface area contributed by atoms with Crippen LogP contribution < -0.4 is 10.6 Å². The Morgan fingerprint density at radius 3 is 2.85 bits per heavy atom. The number of carbonyl (C=O) groups excluding carboxylic acids is 1. The zero-order chi connectivity index (χ0) is 14.3. The average Bonchev–Trinajstić information content (AvgIpc) is 2.96. The summed E-state index contributed by atoms with van der Waals surface area (Å²) >= 11 is 6.36. The lowest BCUT2D eigenvalue weighted by Gasteiger charge is -2.17. The number of benzene rings is 1. The molecular formula is C15H15ClN2O2. The first-order valence-corrected chi connectivity index (χ1v) is 6.80. The SMILES string of the molecule is CNC(c1coc(C)c1)c1cc2c(cc1Cl)NC(=O)C2. The number of aryl methyl sites for hydroxylation is 1. The second kappa shape index (κ2) is 4.96. The number of hydrogen-bond donors (Lipinski definition) is 2. The van der Waals surface area contributed by atoms with Gasteiger partial charge in [-0.2, -0.15) is 0 Å². The van der Waals surface area contributed by atoms with E-state index in [0.717, 1.165) is 28.1 Å². The molecule has 0 spiro atoms. The minimum atomic E-state index is -0.0547. The van der Waals surface area contributed by atoms with Crippen molar-refractivity contribution < 1.29 is 9.21 Å². The van der Waals surface area contributed by atoms with Gasteiger partial charge in [-0.1, -0.05) is 11.6 Å². The van der Waals surface area contributed by atoms with Gasteiger partial charge in [-0.15, -0.1) is 0 Å². The Morgan fingerprint density at radius 2 is 2.20 bits per heavy atom. The molecule has 0 aliphatic carbocycles. The first-order valence-electron chi connectivity index (χ1n) is 6.43. The van der Waals surface area contributed by atoms with Gasteiger partial charge in [0.1, 0.15) is 5.76 Å². The zero-order valence-corrected chi connectivity index (χ0v) is 12.0. The smallest absolute Gasteiger partial charge is 0.228 e. The van der Waals surface area contributed by atoms with Gasteiger partial charge < -0.3 is 15.1 Å². The number of anilines is 1. The van der Waals surface area contributed by atoms with E-state index in [4.69, 9.17) is 16.0 Å². The molecule has 2 N–H and O–H groups in total. The van der Waals surface area contributed by atoms with Crippen molar-refractivity contribution in [3.63, 3.8) is 0 Å². The summed E-state index contributed by atoms with van der Waals surface area (Å²) < 4.78 is 5.37. The van der Waals surface area contributed by atoms with Gasteiger partial charge in [0, 0.05) is 16.3 Å². The summed E-state index contributed by atoms with van der Waals surface area (Å²) in [6, 6.07) is 5.72. The Morgan fingerprint density at radius 1 is 1.40 bits per heavy atom. The highest BCUT2D eigenvalue weighted by Crippen LogP contribution is 2.35. The molecule has 1 aliphatic rings. The summed E-state index contributed by atoms with van der Waals surface area (Å²) in [6.45, 7) is 1.91. The van der Waals surface area contributed by atoms with Gasteiger partial charge in [0.25, 0.3) is 0 Å². The molecular weight excluding hydrogens is 276 g/mol. The lowest BCUT2D eigenvalue weighted by molar-refractivity contribution is -0.115. The Balaban J connectivity index is 2.05. The van der Waals surface area contributed by atoms with Crippen molar-refractivity contribution in [2.24, 2.45) is 0 Å². The van der Waals surface area contributed by atoms with Crippen molar-refractivity contribution in [3.8, 4) is 0 Å². The summed E-state index contributed by atoms with van der Waals surface area (Å²) in [5.41, 5.74) is 3.76. The molecule has 1 aromatic carbocycles. The van der Waals surface area contributed by atoms with Gasteiger partial charge in [0.2, 0.25) is 5.91 Å².